The molecular weight excluding hydrogens is 346 g/mol. The maximum absolute atomic E-state index is 13.0. The maximum Gasteiger partial charge on any atom is 0.479 e. The molecule has 4 rings (SSSR count). The van der Waals surface area contributed by atoms with E-state index in [1.807, 2.05) is 48.5 Å². The highest BCUT2D eigenvalue weighted by molar-refractivity contribution is 6.02. The third-order valence-electron chi connectivity index (χ3n) is 3.66. The standard InChI is InChI=1S/C17H15N9O/c27-17(21-14-9-5-2-6-10-14)26(23-15-11-19-25-22-15)12-18-16(24-26)20-13-7-3-1-4-8-13/h1-12H,(H3-,19,20,21,22,23,24,25,27)/p+1. The van der Waals surface area contributed by atoms with Gasteiger partial charge in [0.15, 0.2) is 0 Å². The van der Waals surface area contributed by atoms with Gasteiger partial charge in [0.1, 0.15) is 0 Å². The number of urea groups is 1. The largest absolute Gasteiger partial charge is 0.479 e. The quantitative estimate of drug-likeness (QED) is 0.532. The number of guanidine groups is 1. The number of aromatic amines is 1. The number of carbonyl (C=O) groups excluding carboxylic acids is 1. The van der Waals surface area contributed by atoms with E-state index in [1.165, 1.54) is 12.5 Å². The molecule has 1 atom stereocenters. The lowest BCUT2D eigenvalue weighted by Gasteiger charge is -2.20. The number of rotatable bonds is 4. The molecule has 3 aromatic rings. The molecule has 2 heterocycles. The lowest BCUT2D eigenvalue weighted by molar-refractivity contribution is -0.727. The molecule has 27 heavy (non-hydrogen) atoms. The highest BCUT2D eigenvalue weighted by Gasteiger charge is 2.43. The number of nitrogens with one attached hydrogen (secondary N) is 4. The molecule has 0 bridgehead atoms. The normalized spacial score (nSPS) is 18.0. The molecule has 0 saturated carbocycles. The SMILES string of the molecule is O=C(Nc1ccccc1)[N+]1(Nc2cn[nH]n2)C=NC(Nc2ccccc2)=N1. The van der Waals surface area contributed by atoms with E-state index in [1.54, 1.807) is 12.1 Å². The Balaban J connectivity index is 1.61. The highest BCUT2D eigenvalue weighted by atomic mass is 16.2. The van der Waals surface area contributed by atoms with Gasteiger partial charge in [-0.15, -0.1) is 5.10 Å². The lowest BCUT2D eigenvalue weighted by Crippen LogP contribution is -2.53. The first-order valence-electron chi connectivity index (χ1n) is 8.10. The molecule has 0 aliphatic carbocycles. The molecule has 134 valence electrons. The first-order chi connectivity index (χ1) is 13.2. The van der Waals surface area contributed by atoms with E-state index in [2.05, 4.69) is 41.6 Å². The number of anilines is 3. The summed E-state index contributed by atoms with van der Waals surface area (Å²) in [7, 11) is 0. The van der Waals surface area contributed by atoms with Crippen LogP contribution in [0.3, 0.4) is 0 Å². The van der Waals surface area contributed by atoms with Crippen LogP contribution in [0, 0.1) is 0 Å². The van der Waals surface area contributed by atoms with Crippen molar-refractivity contribution in [2.45, 2.75) is 0 Å². The van der Waals surface area contributed by atoms with Crippen molar-refractivity contribution in [3.05, 3.63) is 66.9 Å². The lowest BCUT2D eigenvalue weighted by atomic mass is 10.3. The van der Waals surface area contributed by atoms with Crippen molar-refractivity contribution >= 4 is 35.5 Å². The van der Waals surface area contributed by atoms with Gasteiger partial charge in [0.25, 0.3) is 12.3 Å². The van der Waals surface area contributed by atoms with E-state index in [4.69, 9.17) is 0 Å². The van der Waals surface area contributed by atoms with Gasteiger partial charge in [-0.05, 0) is 24.3 Å². The van der Waals surface area contributed by atoms with Gasteiger partial charge in [0.05, 0.1) is 6.20 Å². The number of quaternary nitrogens is 1. The zero-order valence-corrected chi connectivity index (χ0v) is 14.1. The smallest absolute Gasteiger partial charge is 0.320 e. The summed E-state index contributed by atoms with van der Waals surface area (Å²) in [6, 6.07) is 18.1. The molecule has 0 spiro atoms. The Hall–Kier alpha value is -4.05. The Morgan fingerprint density at radius 1 is 0.963 bits per heavy atom. The van der Waals surface area contributed by atoms with Crippen molar-refractivity contribution in [2.75, 3.05) is 16.1 Å². The van der Waals surface area contributed by atoms with Crippen molar-refractivity contribution in [3.63, 3.8) is 0 Å². The number of hydrogen-bond donors (Lipinski definition) is 4. The molecule has 10 heteroatoms. The summed E-state index contributed by atoms with van der Waals surface area (Å²) in [6.07, 6.45) is 2.82. The average Bonchev–Trinajstić information content (AvgIpc) is 3.35. The molecule has 0 radical (unpaired) electrons. The Bertz CT molecular complexity index is 970. The fraction of sp³-hybridized carbons (Fsp3) is 0. The minimum Gasteiger partial charge on any atom is -0.320 e. The molecule has 1 unspecified atom stereocenters. The Labute approximate surface area is 154 Å². The van der Waals surface area contributed by atoms with Crippen LogP contribution in [0.5, 0.6) is 0 Å². The third-order valence-corrected chi connectivity index (χ3v) is 3.66. The molecule has 10 nitrogen and oxygen atoms in total. The summed E-state index contributed by atoms with van der Waals surface area (Å²) >= 11 is 0. The Kier molecular flexibility index (Phi) is 4.29. The minimum atomic E-state index is -0.656. The van der Waals surface area contributed by atoms with Gasteiger partial charge < -0.3 is 5.32 Å². The van der Waals surface area contributed by atoms with Crippen LogP contribution in [-0.2, 0) is 0 Å². The van der Waals surface area contributed by atoms with Gasteiger partial charge >= 0.3 is 6.03 Å². The van der Waals surface area contributed by atoms with Gasteiger partial charge in [0.2, 0.25) is 5.82 Å². The average molecular weight is 362 g/mol. The second kappa shape index (κ2) is 7.06. The van der Waals surface area contributed by atoms with Crippen LogP contribution in [-0.4, -0.2) is 38.4 Å². The number of carbonyl (C=O) groups is 1. The summed E-state index contributed by atoms with van der Waals surface area (Å²) in [5.74, 6) is 0.620. The molecule has 1 aliphatic rings. The number of para-hydroxylation sites is 2. The molecule has 4 N–H and O–H groups in total. The molecule has 2 amide bonds. The maximum atomic E-state index is 13.0. The second-order valence-electron chi connectivity index (χ2n) is 5.61. The van der Waals surface area contributed by atoms with Crippen molar-refractivity contribution < 1.29 is 9.50 Å². The van der Waals surface area contributed by atoms with Gasteiger partial charge in [-0.3, -0.25) is 5.32 Å². The summed E-state index contributed by atoms with van der Waals surface area (Å²) in [4.78, 5) is 17.2. The third kappa shape index (κ3) is 3.65. The van der Waals surface area contributed by atoms with Gasteiger partial charge in [-0.1, -0.05) is 36.4 Å². The van der Waals surface area contributed by atoms with E-state index < -0.39 is 10.7 Å². The molecule has 1 aliphatic heterocycles. The van der Waals surface area contributed by atoms with Crippen molar-refractivity contribution in [1.82, 2.24) is 15.4 Å². The van der Waals surface area contributed by atoms with Gasteiger partial charge in [-0.25, -0.2) is 4.79 Å². The first kappa shape index (κ1) is 16.4. The van der Waals surface area contributed by atoms with E-state index in [0.29, 0.717) is 11.5 Å². The van der Waals surface area contributed by atoms with Gasteiger partial charge in [0, 0.05) is 21.2 Å². The number of aliphatic imine (C=N–C) groups is 1. The highest BCUT2D eigenvalue weighted by Crippen LogP contribution is 2.19. The van der Waals surface area contributed by atoms with E-state index in [9.17, 15) is 4.79 Å². The minimum absolute atomic E-state index is 0.278. The predicted octanol–water partition coefficient (Wildman–Crippen LogP) is 2.61. The number of hydrogen-bond acceptors (Lipinski definition) is 7. The number of benzene rings is 2. The summed E-state index contributed by atoms with van der Waals surface area (Å²) in [5.41, 5.74) is 4.35. The van der Waals surface area contributed by atoms with E-state index in [0.717, 1.165) is 5.69 Å². The van der Waals surface area contributed by atoms with Crippen LogP contribution in [0.15, 0.2) is 77.0 Å². The van der Waals surface area contributed by atoms with E-state index in [-0.39, 0.29) is 5.96 Å². The number of amides is 2. The van der Waals surface area contributed by atoms with Crippen molar-refractivity contribution in [2.24, 2.45) is 10.1 Å². The van der Waals surface area contributed by atoms with E-state index >= 15 is 0 Å². The summed E-state index contributed by atoms with van der Waals surface area (Å²) < 4.78 is -0.656. The van der Waals surface area contributed by atoms with Crippen LogP contribution in [0.25, 0.3) is 0 Å². The fourth-order valence-corrected chi connectivity index (χ4v) is 2.41. The van der Waals surface area contributed by atoms with Crippen molar-refractivity contribution in [1.29, 1.82) is 0 Å². The number of aromatic nitrogens is 3. The molecular formula is C17H16N9O+. The van der Waals surface area contributed by atoms with Crippen LogP contribution in [0.2, 0.25) is 0 Å². The molecule has 0 saturated heterocycles. The Morgan fingerprint density at radius 2 is 1.67 bits per heavy atom. The first-order valence-corrected chi connectivity index (χ1v) is 8.10. The van der Waals surface area contributed by atoms with Gasteiger partial charge in [-0.2, -0.15) is 20.7 Å². The number of H-pyrrole nitrogens is 1. The second-order valence-corrected chi connectivity index (χ2v) is 5.61. The zero-order chi connectivity index (χ0) is 18.5. The topological polar surface area (TPSA) is 119 Å². The van der Waals surface area contributed by atoms with Crippen LogP contribution >= 0.6 is 0 Å². The van der Waals surface area contributed by atoms with Crippen LogP contribution in [0.4, 0.5) is 22.0 Å². The van der Waals surface area contributed by atoms with Crippen LogP contribution < -0.4 is 16.1 Å². The van der Waals surface area contributed by atoms with Crippen LogP contribution in [0.1, 0.15) is 0 Å². The van der Waals surface area contributed by atoms with Crippen molar-refractivity contribution in [3.8, 4) is 0 Å². The Morgan fingerprint density at radius 3 is 2.33 bits per heavy atom. The fourth-order valence-electron chi connectivity index (χ4n) is 2.41. The monoisotopic (exact) mass is 362 g/mol. The molecule has 2 aromatic carbocycles. The molecule has 1 aromatic heterocycles. The number of nitrogens with zero attached hydrogens (tertiary/aromatic N) is 5. The summed E-state index contributed by atoms with van der Waals surface area (Å²) in [5, 5.41) is 20.4. The summed E-state index contributed by atoms with van der Waals surface area (Å²) in [6.45, 7) is 0. The zero-order valence-electron chi connectivity index (χ0n) is 14.1. The molecule has 0 fully saturated rings. The predicted molar refractivity (Wildman–Crippen MR) is 102 cm³/mol.